The van der Waals surface area contributed by atoms with E-state index in [1.807, 2.05) is 23.6 Å². The van der Waals surface area contributed by atoms with Crippen LogP contribution in [0.4, 0.5) is 0 Å². The van der Waals surface area contributed by atoms with Crippen LogP contribution in [0.1, 0.15) is 17.8 Å². The second kappa shape index (κ2) is 3.88. The number of nitriles is 1. The molecule has 0 fully saturated rings. The average molecular weight is 180 g/mol. The zero-order valence-corrected chi connectivity index (χ0v) is 7.39. The van der Waals surface area contributed by atoms with Gasteiger partial charge in [-0.3, -0.25) is 4.79 Å². The standard InChI is InChI=1S/C8H8N2OS/c1-6(11)10-7(5-9)8-3-2-4-12-8/h2-4,7H,1H3,(H,10,11). The molecule has 1 N–H and O–H groups in total. The predicted molar refractivity (Wildman–Crippen MR) is 46.5 cm³/mol. The van der Waals surface area contributed by atoms with Gasteiger partial charge in [-0.1, -0.05) is 6.07 Å². The predicted octanol–water partition coefficient (Wildman–Crippen LogP) is 1.45. The van der Waals surface area contributed by atoms with Crippen molar-refractivity contribution in [3.05, 3.63) is 22.4 Å². The molecule has 0 aliphatic rings. The molecule has 0 aromatic carbocycles. The minimum absolute atomic E-state index is 0.185. The zero-order valence-electron chi connectivity index (χ0n) is 6.57. The highest BCUT2D eigenvalue weighted by Gasteiger charge is 2.11. The molecule has 0 radical (unpaired) electrons. The Bertz CT molecular complexity index is 299. The molecule has 4 heteroatoms. The lowest BCUT2D eigenvalue weighted by Crippen LogP contribution is -2.23. The number of nitrogens with zero attached hydrogens (tertiary/aromatic N) is 1. The highest BCUT2D eigenvalue weighted by molar-refractivity contribution is 7.10. The van der Waals surface area contributed by atoms with Gasteiger partial charge in [0.25, 0.3) is 0 Å². The molecule has 0 saturated heterocycles. The molecule has 1 aromatic heterocycles. The SMILES string of the molecule is CC(=O)NC(C#N)c1cccs1. The Morgan fingerprint density at radius 2 is 2.58 bits per heavy atom. The second-order valence-electron chi connectivity index (χ2n) is 2.28. The van der Waals surface area contributed by atoms with Gasteiger partial charge in [0, 0.05) is 11.8 Å². The lowest BCUT2D eigenvalue weighted by Gasteiger charge is -2.06. The summed E-state index contributed by atoms with van der Waals surface area (Å²) in [6.07, 6.45) is 0. The van der Waals surface area contributed by atoms with Crippen LogP contribution in [0.5, 0.6) is 0 Å². The van der Waals surface area contributed by atoms with Gasteiger partial charge in [-0.25, -0.2) is 0 Å². The van der Waals surface area contributed by atoms with Gasteiger partial charge in [0.2, 0.25) is 5.91 Å². The summed E-state index contributed by atoms with van der Waals surface area (Å²) in [5.41, 5.74) is 0. The van der Waals surface area contributed by atoms with Gasteiger partial charge >= 0.3 is 0 Å². The van der Waals surface area contributed by atoms with Crippen LogP contribution in [0.2, 0.25) is 0 Å². The van der Waals surface area contributed by atoms with Gasteiger partial charge in [-0.05, 0) is 11.4 Å². The van der Waals surface area contributed by atoms with Gasteiger partial charge in [0.15, 0.2) is 6.04 Å². The highest BCUT2D eigenvalue weighted by Crippen LogP contribution is 2.17. The van der Waals surface area contributed by atoms with E-state index >= 15 is 0 Å². The maximum atomic E-state index is 10.7. The Labute approximate surface area is 74.6 Å². The summed E-state index contributed by atoms with van der Waals surface area (Å²) < 4.78 is 0. The molecule has 0 saturated carbocycles. The first-order valence-corrected chi connectivity index (χ1v) is 4.32. The number of hydrogen-bond acceptors (Lipinski definition) is 3. The highest BCUT2D eigenvalue weighted by atomic mass is 32.1. The number of carbonyl (C=O) groups is 1. The van der Waals surface area contributed by atoms with Crippen LogP contribution in [0.25, 0.3) is 0 Å². The fourth-order valence-electron chi connectivity index (χ4n) is 0.826. The number of amides is 1. The maximum absolute atomic E-state index is 10.7. The molecule has 1 atom stereocenters. The van der Waals surface area contributed by atoms with Crippen molar-refractivity contribution < 1.29 is 4.79 Å². The van der Waals surface area contributed by atoms with Gasteiger partial charge in [0.05, 0.1) is 6.07 Å². The van der Waals surface area contributed by atoms with Crippen LogP contribution >= 0.6 is 11.3 Å². The van der Waals surface area contributed by atoms with Crippen LogP contribution in [-0.4, -0.2) is 5.91 Å². The Hall–Kier alpha value is -1.34. The molecule has 3 nitrogen and oxygen atoms in total. The van der Waals surface area contributed by atoms with E-state index in [0.717, 1.165) is 4.88 Å². The lowest BCUT2D eigenvalue weighted by molar-refractivity contribution is -0.119. The van der Waals surface area contributed by atoms with Crippen LogP contribution < -0.4 is 5.32 Å². The summed E-state index contributed by atoms with van der Waals surface area (Å²) in [5, 5.41) is 13.1. The molecule has 12 heavy (non-hydrogen) atoms. The molecular weight excluding hydrogens is 172 g/mol. The third-order valence-electron chi connectivity index (χ3n) is 1.30. The summed E-state index contributed by atoms with van der Waals surface area (Å²) in [5.74, 6) is -0.185. The summed E-state index contributed by atoms with van der Waals surface area (Å²) in [7, 11) is 0. The van der Waals surface area contributed by atoms with E-state index in [0.29, 0.717) is 0 Å². The summed E-state index contributed by atoms with van der Waals surface area (Å²) in [4.78, 5) is 11.5. The molecule has 0 spiro atoms. The molecule has 1 heterocycles. The minimum atomic E-state index is -0.498. The first-order valence-electron chi connectivity index (χ1n) is 3.44. The Balaban J connectivity index is 2.72. The number of thiophene rings is 1. The van der Waals surface area contributed by atoms with Crippen molar-refractivity contribution in [2.24, 2.45) is 0 Å². The molecule has 0 bridgehead atoms. The van der Waals surface area contributed by atoms with Crippen molar-refractivity contribution in [3.63, 3.8) is 0 Å². The largest absolute Gasteiger partial charge is 0.336 e. The third-order valence-corrected chi connectivity index (χ3v) is 2.24. The fraction of sp³-hybridized carbons (Fsp3) is 0.250. The van der Waals surface area contributed by atoms with Crippen molar-refractivity contribution in [2.75, 3.05) is 0 Å². The minimum Gasteiger partial charge on any atom is -0.336 e. The van der Waals surface area contributed by atoms with Crippen molar-refractivity contribution >= 4 is 17.2 Å². The van der Waals surface area contributed by atoms with E-state index in [2.05, 4.69) is 5.32 Å². The van der Waals surface area contributed by atoms with E-state index in [1.54, 1.807) is 0 Å². The van der Waals surface area contributed by atoms with Crippen LogP contribution in [0.3, 0.4) is 0 Å². The van der Waals surface area contributed by atoms with E-state index in [1.165, 1.54) is 18.3 Å². The lowest BCUT2D eigenvalue weighted by atomic mass is 10.2. The quantitative estimate of drug-likeness (QED) is 0.748. The molecule has 1 unspecified atom stereocenters. The van der Waals surface area contributed by atoms with Crippen molar-refractivity contribution in [1.82, 2.24) is 5.32 Å². The number of nitrogens with one attached hydrogen (secondary N) is 1. The molecule has 0 aliphatic carbocycles. The van der Waals surface area contributed by atoms with Crippen LogP contribution in [0, 0.1) is 11.3 Å². The third kappa shape index (κ3) is 2.07. The average Bonchev–Trinajstić information content (AvgIpc) is 2.51. The molecule has 0 aliphatic heterocycles. The van der Waals surface area contributed by atoms with Crippen LogP contribution in [-0.2, 0) is 4.79 Å². The van der Waals surface area contributed by atoms with E-state index in [-0.39, 0.29) is 5.91 Å². The first-order chi connectivity index (χ1) is 5.74. The summed E-state index contributed by atoms with van der Waals surface area (Å²) in [6.45, 7) is 1.40. The van der Waals surface area contributed by atoms with Gasteiger partial charge < -0.3 is 5.32 Å². The molecule has 1 amide bonds. The number of carbonyl (C=O) groups excluding carboxylic acids is 1. The van der Waals surface area contributed by atoms with Crippen molar-refractivity contribution in [1.29, 1.82) is 5.26 Å². The second-order valence-corrected chi connectivity index (χ2v) is 3.26. The Morgan fingerprint density at radius 3 is 3.00 bits per heavy atom. The van der Waals surface area contributed by atoms with E-state index < -0.39 is 6.04 Å². The van der Waals surface area contributed by atoms with Crippen molar-refractivity contribution in [3.8, 4) is 6.07 Å². The van der Waals surface area contributed by atoms with Crippen molar-refractivity contribution in [2.45, 2.75) is 13.0 Å². The van der Waals surface area contributed by atoms with E-state index in [9.17, 15) is 4.79 Å². The zero-order chi connectivity index (χ0) is 8.97. The van der Waals surface area contributed by atoms with Gasteiger partial charge in [-0.2, -0.15) is 5.26 Å². The summed E-state index contributed by atoms with van der Waals surface area (Å²) in [6, 6.07) is 5.20. The monoisotopic (exact) mass is 180 g/mol. The summed E-state index contributed by atoms with van der Waals surface area (Å²) >= 11 is 1.46. The van der Waals surface area contributed by atoms with Gasteiger partial charge in [-0.15, -0.1) is 11.3 Å². The molecular formula is C8H8N2OS. The molecule has 1 rings (SSSR count). The first kappa shape index (κ1) is 8.75. The van der Waals surface area contributed by atoms with Crippen LogP contribution in [0.15, 0.2) is 17.5 Å². The van der Waals surface area contributed by atoms with Gasteiger partial charge in [0.1, 0.15) is 0 Å². The Kier molecular flexibility index (Phi) is 2.83. The normalized spacial score (nSPS) is 11.7. The molecule has 62 valence electrons. The number of rotatable bonds is 2. The maximum Gasteiger partial charge on any atom is 0.218 e. The molecule has 1 aromatic rings. The number of hydrogen-bond donors (Lipinski definition) is 1. The smallest absolute Gasteiger partial charge is 0.218 e. The Morgan fingerprint density at radius 1 is 1.83 bits per heavy atom. The van der Waals surface area contributed by atoms with E-state index in [4.69, 9.17) is 5.26 Å². The topological polar surface area (TPSA) is 52.9 Å². The fourth-order valence-corrected chi connectivity index (χ4v) is 1.54.